The molecule has 2 atom stereocenters. The summed E-state index contributed by atoms with van der Waals surface area (Å²) in [6.45, 7) is 4.93. The van der Waals surface area contributed by atoms with Crippen molar-refractivity contribution < 1.29 is 9.59 Å². The van der Waals surface area contributed by atoms with Gasteiger partial charge in [0.05, 0.1) is 0 Å². The van der Waals surface area contributed by atoms with Crippen LogP contribution in [0, 0.1) is 12.8 Å². The van der Waals surface area contributed by atoms with Gasteiger partial charge in [-0.1, -0.05) is 0 Å². The number of nitrogens with one attached hydrogen (secondary N) is 1. The van der Waals surface area contributed by atoms with E-state index < -0.39 is 6.04 Å². The maximum absolute atomic E-state index is 12.3. The van der Waals surface area contributed by atoms with Gasteiger partial charge >= 0.3 is 0 Å². The summed E-state index contributed by atoms with van der Waals surface area (Å²) < 4.78 is 2.01. The van der Waals surface area contributed by atoms with E-state index in [0.717, 1.165) is 18.7 Å². The van der Waals surface area contributed by atoms with Gasteiger partial charge in [-0.3, -0.25) is 9.59 Å². The minimum absolute atomic E-state index is 0.00181. The predicted molar refractivity (Wildman–Crippen MR) is 72.8 cm³/mol. The second-order valence-corrected chi connectivity index (χ2v) is 5.71. The average molecular weight is 276 g/mol. The van der Waals surface area contributed by atoms with E-state index >= 15 is 0 Å². The molecule has 1 aliphatic heterocycles. The molecule has 2 heterocycles. The monoisotopic (exact) mass is 276 g/mol. The molecule has 1 aliphatic carbocycles. The average Bonchev–Trinajstić information content (AvgIpc) is 3.15. The van der Waals surface area contributed by atoms with Crippen molar-refractivity contribution in [1.82, 2.24) is 19.8 Å². The Bertz CT molecular complexity index is 535. The summed E-state index contributed by atoms with van der Waals surface area (Å²) >= 11 is 0. The molecule has 0 spiro atoms. The standard InChI is InChI=1S/C14H20N4O2/c1-9-14(20)18(8-7-17-6-5-15-10(17)2)12(11-3-4-11)13(19)16-9/h5-6,9,11-12H,3-4,7-8H2,1-2H3,(H,16,19). The zero-order chi connectivity index (χ0) is 14.3. The van der Waals surface area contributed by atoms with Crippen molar-refractivity contribution in [2.24, 2.45) is 5.92 Å². The van der Waals surface area contributed by atoms with E-state index in [1.807, 2.05) is 17.7 Å². The number of aryl methyl sites for hydroxylation is 1. The summed E-state index contributed by atoms with van der Waals surface area (Å²) in [5.41, 5.74) is 0. The van der Waals surface area contributed by atoms with Gasteiger partial charge in [0.25, 0.3) is 0 Å². The van der Waals surface area contributed by atoms with Gasteiger partial charge in [0.2, 0.25) is 11.8 Å². The lowest BCUT2D eigenvalue weighted by Crippen LogP contribution is -2.63. The van der Waals surface area contributed by atoms with E-state index in [1.54, 1.807) is 18.0 Å². The topological polar surface area (TPSA) is 67.2 Å². The van der Waals surface area contributed by atoms with Crippen LogP contribution in [0.3, 0.4) is 0 Å². The molecule has 1 N–H and O–H groups in total. The number of imidazole rings is 1. The van der Waals surface area contributed by atoms with Crippen LogP contribution in [0.25, 0.3) is 0 Å². The summed E-state index contributed by atoms with van der Waals surface area (Å²) in [6, 6.07) is -0.691. The second-order valence-electron chi connectivity index (χ2n) is 5.71. The zero-order valence-electron chi connectivity index (χ0n) is 11.9. The Hall–Kier alpha value is -1.85. The Balaban J connectivity index is 1.74. The van der Waals surface area contributed by atoms with Gasteiger partial charge in [-0.2, -0.15) is 0 Å². The van der Waals surface area contributed by atoms with Crippen LogP contribution >= 0.6 is 0 Å². The highest BCUT2D eigenvalue weighted by molar-refractivity contribution is 5.97. The number of rotatable bonds is 4. The maximum atomic E-state index is 12.3. The molecule has 108 valence electrons. The zero-order valence-corrected chi connectivity index (χ0v) is 11.9. The number of carbonyl (C=O) groups is 2. The number of piperazine rings is 1. The Labute approximate surface area is 118 Å². The molecule has 6 nitrogen and oxygen atoms in total. The molecule has 6 heteroatoms. The van der Waals surface area contributed by atoms with E-state index in [1.165, 1.54) is 0 Å². The normalized spacial score (nSPS) is 26.8. The van der Waals surface area contributed by atoms with Gasteiger partial charge in [0, 0.05) is 25.5 Å². The first kappa shape index (κ1) is 13.1. The molecular weight excluding hydrogens is 256 g/mol. The summed E-state index contributed by atoms with van der Waals surface area (Å²) in [5.74, 6) is 1.30. The lowest BCUT2D eigenvalue weighted by atomic mass is 10.0. The minimum atomic E-state index is -0.415. The van der Waals surface area contributed by atoms with E-state index in [0.29, 0.717) is 19.0 Å². The van der Waals surface area contributed by atoms with Crippen molar-refractivity contribution in [3.05, 3.63) is 18.2 Å². The van der Waals surface area contributed by atoms with Gasteiger partial charge in [-0.05, 0) is 32.6 Å². The highest BCUT2D eigenvalue weighted by Crippen LogP contribution is 2.36. The second kappa shape index (κ2) is 4.92. The lowest BCUT2D eigenvalue weighted by molar-refractivity contribution is -0.149. The van der Waals surface area contributed by atoms with Crippen LogP contribution in [-0.2, 0) is 16.1 Å². The predicted octanol–water partition coefficient (Wildman–Crippen LogP) is 0.317. The van der Waals surface area contributed by atoms with Crippen LogP contribution in [0.4, 0.5) is 0 Å². The quantitative estimate of drug-likeness (QED) is 0.861. The maximum Gasteiger partial charge on any atom is 0.245 e. The molecule has 2 aliphatic rings. The first-order valence-corrected chi connectivity index (χ1v) is 7.16. The molecule has 0 radical (unpaired) electrons. The van der Waals surface area contributed by atoms with E-state index in [9.17, 15) is 9.59 Å². The Kier molecular flexibility index (Phi) is 3.23. The first-order valence-electron chi connectivity index (χ1n) is 7.16. The van der Waals surface area contributed by atoms with Crippen molar-refractivity contribution in [3.8, 4) is 0 Å². The molecule has 1 saturated carbocycles. The summed E-state index contributed by atoms with van der Waals surface area (Å²) in [4.78, 5) is 30.4. The van der Waals surface area contributed by atoms with Crippen molar-refractivity contribution in [2.75, 3.05) is 6.54 Å². The van der Waals surface area contributed by atoms with Crippen LogP contribution in [0.2, 0.25) is 0 Å². The molecule has 2 amide bonds. The molecule has 1 saturated heterocycles. The number of hydrogen-bond acceptors (Lipinski definition) is 3. The third-order valence-corrected chi connectivity index (χ3v) is 4.19. The van der Waals surface area contributed by atoms with Crippen LogP contribution < -0.4 is 5.32 Å². The first-order chi connectivity index (χ1) is 9.58. The highest BCUT2D eigenvalue weighted by atomic mass is 16.2. The molecule has 2 fully saturated rings. The van der Waals surface area contributed by atoms with Crippen LogP contribution in [0.15, 0.2) is 12.4 Å². The van der Waals surface area contributed by atoms with Crippen molar-refractivity contribution in [2.45, 2.75) is 45.3 Å². The number of amides is 2. The number of carbonyl (C=O) groups excluding carboxylic acids is 2. The molecular formula is C14H20N4O2. The van der Waals surface area contributed by atoms with Crippen molar-refractivity contribution in [1.29, 1.82) is 0 Å². The Morgan fingerprint density at radius 1 is 1.35 bits per heavy atom. The van der Waals surface area contributed by atoms with Crippen molar-refractivity contribution in [3.63, 3.8) is 0 Å². The van der Waals surface area contributed by atoms with Crippen LogP contribution in [0.1, 0.15) is 25.6 Å². The Morgan fingerprint density at radius 2 is 2.10 bits per heavy atom. The van der Waals surface area contributed by atoms with Crippen LogP contribution in [0.5, 0.6) is 0 Å². The third-order valence-electron chi connectivity index (χ3n) is 4.19. The molecule has 2 unspecified atom stereocenters. The Morgan fingerprint density at radius 3 is 2.70 bits per heavy atom. The molecule has 1 aromatic heterocycles. The number of nitrogens with zero attached hydrogens (tertiary/aromatic N) is 3. The van der Waals surface area contributed by atoms with E-state index in [4.69, 9.17) is 0 Å². The molecule has 0 aromatic carbocycles. The highest BCUT2D eigenvalue weighted by Gasteiger charge is 2.46. The molecule has 20 heavy (non-hydrogen) atoms. The smallest absolute Gasteiger partial charge is 0.245 e. The van der Waals surface area contributed by atoms with Gasteiger partial charge in [0.15, 0.2) is 0 Å². The number of hydrogen-bond donors (Lipinski definition) is 1. The van der Waals surface area contributed by atoms with E-state index in [-0.39, 0.29) is 17.9 Å². The van der Waals surface area contributed by atoms with Gasteiger partial charge in [-0.25, -0.2) is 4.98 Å². The summed E-state index contributed by atoms with van der Waals surface area (Å²) in [5, 5.41) is 2.79. The summed E-state index contributed by atoms with van der Waals surface area (Å²) in [6.07, 6.45) is 5.74. The minimum Gasteiger partial charge on any atom is -0.343 e. The van der Waals surface area contributed by atoms with Crippen molar-refractivity contribution >= 4 is 11.8 Å². The SMILES string of the molecule is Cc1nccn1CCN1C(=O)C(C)NC(=O)C1C1CC1. The van der Waals surface area contributed by atoms with Crippen LogP contribution in [-0.4, -0.2) is 44.9 Å². The fraction of sp³-hybridized carbons (Fsp3) is 0.643. The molecule has 0 bridgehead atoms. The lowest BCUT2D eigenvalue weighted by Gasteiger charge is -2.38. The van der Waals surface area contributed by atoms with Gasteiger partial charge in [-0.15, -0.1) is 0 Å². The van der Waals surface area contributed by atoms with Gasteiger partial charge in [0.1, 0.15) is 17.9 Å². The fourth-order valence-electron chi connectivity index (χ4n) is 2.87. The van der Waals surface area contributed by atoms with E-state index in [2.05, 4.69) is 10.3 Å². The third kappa shape index (κ3) is 2.30. The molecule has 1 aromatic rings. The largest absolute Gasteiger partial charge is 0.343 e. The number of aromatic nitrogens is 2. The van der Waals surface area contributed by atoms with Gasteiger partial charge < -0.3 is 14.8 Å². The fourth-order valence-corrected chi connectivity index (χ4v) is 2.87. The summed E-state index contributed by atoms with van der Waals surface area (Å²) in [7, 11) is 0. The molecule has 3 rings (SSSR count).